The second kappa shape index (κ2) is 34.5. The Bertz CT molecular complexity index is 891. The molecule has 0 fully saturated rings. The number of carbonyl (C=O) groups is 2. The molecule has 0 N–H and O–H groups in total. The van der Waals surface area contributed by atoms with Crippen molar-refractivity contribution in [1.82, 2.24) is 0 Å². The zero-order chi connectivity index (χ0) is 37.9. The predicted molar refractivity (Wildman–Crippen MR) is 208 cm³/mol. The molecule has 0 spiro atoms. The molecule has 0 aliphatic heterocycles. The van der Waals surface area contributed by atoms with Gasteiger partial charge in [0.15, 0.2) is 6.10 Å². The van der Waals surface area contributed by atoms with Crippen molar-refractivity contribution < 1.29 is 42.1 Å². The quantitative estimate of drug-likeness (QED) is 0.0202. The number of hydrogen-bond acceptors (Lipinski definition) is 8. The lowest BCUT2D eigenvalue weighted by Gasteiger charge is -2.28. The summed E-state index contributed by atoms with van der Waals surface area (Å²) < 4.78 is 33.8. The Hall–Kier alpha value is -1.25. The Kier molecular flexibility index (Phi) is 33.7. The lowest BCUT2D eigenvalue weighted by Crippen LogP contribution is -2.37. The van der Waals surface area contributed by atoms with Crippen LogP contribution in [-0.4, -0.2) is 70.0 Å². The Morgan fingerprint density at radius 1 is 0.588 bits per heavy atom. The van der Waals surface area contributed by atoms with Crippen molar-refractivity contribution in [1.29, 1.82) is 0 Å². The molecule has 0 bridgehead atoms. The van der Waals surface area contributed by atoms with Gasteiger partial charge in [-0.05, 0) is 38.5 Å². The summed E-state index contributed by atoms with van der Waals surface area (Å²) in [6.07, 6.45) is 33.8. The van der Waals surface area contributed by atoms with E-state index in [-0.39, 0.29) is 32.0 Å². The largest absolute Gasteiger partial charge is 0.756 e. The van der Waals surface area contributed by atoms with Gasteiger partial charge in [-0.2, -0.15) is 0 Å². The third-order valence-corrected chi connectivity index (χ3v) is 10.00. The summed E-state index contributed by atoms with van der Waals surface area (Å²) in [5, 5.41) is 0. The van der Waals surface area contributed by atoms with Gasteiger partial charge in [-0.25, -0.2) is 0 Å². The minimum atomic E-state index is -4.62. The van der Waals surface area contributed by atoms with Crippen molar-refractivity contribution >= 4 is 19.8 Å². The molecular weight excluding hydrogens is 665 g/mol. The minimum absolute atomic E-state index is 0.0306. The van der Waals surface area contributed by atoms with Gasteiger partial charge in [0.05, 0.1) is 27.7 Å². The monoisotopic (exact) mass is 746 g/mol. The lowest BCUT2D eigenvalue weighted by atomic mass is 10.0. The zero-order valence-corrected chi connectivity index (χ0v) is 34.7. The van der Waals surface area contributed by atoms with Crippen molar-refractivity contribution in [3.05, 3.63) is 12.2 Å². The number of nitrogens with zero attached hydrogens (tertiary/aromatic N) is 1. The fourth-order valence-corrected chi connectivity index (χ4v) is 6.44. The van der Waals surface area contributed by atoms with Gasteiger partial charge < -0.3 is 27.9 Å². The van der Waals surface area contributed by atoms with E-state index in [9.17, 15) is 19.0 Å². The van der Waals surface area contributed by atoms with E-state index in [1.54, 1.807) is 0 Å². The molecule has 0 aromatic heterocycles. The topological polar surface area (TPSA) is 111 Å². The maximum atomic E-state index is 12.6. The highest BCUT2D eigenvalue weighted by Gasteiger charge is 2.21. The first-order valence-corrected chi connectivity index (χ1v) is 22.4. The van der Waals surface area contributed by atoms with E-state index in [0.29, 0.717) is 17.4 Å². The van der Waals surface area contributed by atoms with Crippen molar-refractivity contribution in [2.75, 3.05) is 47.5 Å². The number of quaternary nitrogens is 1. The molecule has 2 atom stereocenters. The van der Waals surface area contributed by atoms with Gasteiger partial charge in [0.25, 0.3) is 7.82 Å². The van der Waals surface area contributed by atoms with Crippen LogP contribution in [0, 0.1) is 0 Å². The van der Waals surface area contributed by atoms with Crippen molar-refractivity contribution in [3.8, 4) is 0 Å². The molecule has 10 heteroatoms. The summed E-state index contributed by atoms with van der Waals surface area (Å²) >= 11 is 0. The van der Waals surface area contributed by atoms with Crippen LogP contribution in [0.15, 0.2) is 12.2 Å². The first-order chi connectivity index (χ1) is 24.5. The number of phosphoric ester groups is 1. The van der Waals surface area contributed by atoms with Crippen molar-refractivity contribution in [3.63, 3.8) is 0 Å². The molecule has 0 aliphatic carbocycles. The van der Waals surface area contributed by atoms with Crippen LogP contribution in [0.25, 0.3) is 0 Å². The molecule has 51 heavy (non-hydrogen) atoms. The molecule has 0 radical (unpaired) electrons. The van der Waals surface area contributed by atoms with Gasteiger partial charge in [-0.15, -0.1) is 0 Å². The number of allylic oxidation sites excluding steroid dienone is 2. The number of hydrogen-bond donors (Lipinski definition) is 0. The fourth-order valence-electron chi connectivity index (χ4n) is 5.71. The first-order valence-electron chi connectivity index (χ1n) is 20.9. The molecule has 0 aliphatic rings. The summed E-state index contributed by atoms with van der Waals surface area (Å²) in [6.45, 7) is 4.21. The van der Waals surface area contributed by atoms with E-state index in [4.69, 9.17) is 18.5 Å². The lowest BCUT2D eigenvalue weighted by molar-refractivity contribution is -0.870. The number of likely N-dealkylation sites (N-methyl/N-ethyl adjacent to an activating group) is 1. The molecule has 302 valence electrons. The smallest absolute Gasteiger partial charge is 0.306 e. The third kappa shape index (κ3) is 38.3. The highest BCUT2D eigenvalue weighted by molar-refractivity contribution is 7.45. The molecule has 0 aromatic carbocycles. The highest BCUT2D eigenvalue weighted by Crippen LogP contribution is 2.38. The summed E-state index contributed by atoms with van der Waals surface area (Å²) in [6, 6.07) is 0. The Morgan fingerprint density at radius 2 is 1.00 bits per heavy atom. The van der Waals surface area contributed by atoms with Crippen LogP contribution < -0.4 is 4.89 Å². The van der Waals surface area contributed by atoms with Gasteiger partial charge in [-0.3, -0.25) is 14.2 Å². The van der Waals surface area contributed by atoms with Crippen LogP contribution in [0.1, 0.15) is 187 Å². The first kappa shape index (κ1) is 49.8. The van der Waals surface area contributed by atoms with Crippen LogP contribution in [0.3, 0.4) is 0 Å². The maximum Gasteiger partial charge on any atom is 0.306 e. The van der Waals surface area contributed by atoms with E-state index in [2.05, 4.69) is 26.0 Å². The molecule has 0 amide bonds. The predicted octanol–water partition coefficient (Wildman–Crippen LogP) is 10.8. The molecule has 0 saturated heterocycles. The van der Waals surface area contributed by atoms with E-state index in [1.165, 1.54) is 109 Å². The molecule has 9 nitrogen and oxygen atoms in total. The molecule has 0 heterocycles. The van der Waals surface area contributed by atoms with E-state index < -0.39 is 26.5 Å². The molecule has 0 aromatic rings. The van der Waals surface area contributed by atoms with E-state index in [1.807, 2.05) is 21.1 Å². The maximum absolute atomic E-state index is 12.6. The normalized spacial score (nSPS) is 13.8. The van der Waals surface area contributed by atoms with Crippen molar-refractivity contribution in [2.24, 2.45) is 0 Å². The van der Waals surface area contributed by atoms with E-state index in [0.717, 1.165) is 44.9 Å². The van der Waals surface area contributed by atoms with Crippen molar-refractivity contribution in [2.45, 2.75) is 193 Å². The van der Waals surface area contributed by atoms with Crippen LogP contribution in [0.2, 0.25) is 0 Å². The number of ether oxygens (including phenoxy) is 2. The SMILES string of the molecule is CCCCCCCCCC/C=C/CCCCCC(=O)O[C@H](COC(=O)CCCCCCCCCCCCCC)COP(=O)([O-])OCC[N+](C)(C)C. The summed E-state index contributed by atoms with van der Waals surface area (Å²) in [7, 11) is 1.16. The molecule has 0 rings (SSSR count). The van der Waals surface area contributed by atoms with Gasteiger partial charge in [-0.1, -0.05) is 148 Å². The van der Waals surface area contributed by atoms with Crippen LogP contribution in [0.5, 0.6) is 0 Å². The summed E-state index contributed by atoms with van der Waals surface area (Å²) in [4.78, 5) is 37.4. The number of unbranched alkanes of at least 4 members (excludes halogenated alkanes) is 22. The van der Waals surface area contributed by atoms with Gasteiger partial charge in [0.1, 0.15) is 19.8 Å². The van der Waals surface area contributed by atoms with E-state index >= 15 is 0 Å². The number of phosphoric acid groups is 1. The second-order valence-corrected chi connectivity index (χ2v) is 16.8. The Morgan fingerprint density at radius 3 is 1.47 bits per heavy atom. The minimum Gasteiger partial charge on any atom is -0.756 e. The number of carbonyl (C=O) groups excluding carboxylic acids is 2. The fraction of sp³-hybridized carbons (Fsp3) is 0.902. The van der Waals surface area contributed by atoms with Crippen LogP contribution >= 0.6 is 7.82 Å². The average molecular weight is 746 g/mol. The highest BCUT2D eigenvalue weighted by atomic mass is 31.2. The van der Waals surface area contributed by atoms with Gasteiger partial charge >= 0.3 is 11.9 Å². The molecular formula is C41H80NO8P. The number of rotatable bonds is 38. The summed E-state index contributed by atoms with van der Waals surface area (Å²) in [5.74, 6) is -0.847. The van der Waals surface area contributed by atoms with Crippen LogP contribution in [-0.2, 0) is 32.7 Å². The average Bonchev–Trinajstić information content (AvgIpc) is 3.07. The van der Waals surface area contributed by atoms with Gasteiger partial charge in [0.2, 0.25) is 0 Å². The number of esters is 2. The standard InChI is InChI=1S/C41H80NO8P/c1-6-8-10-12-14-16-18-20-21-22-24-26-28-30-32-34-41(44)50-39(38-49-51(45,46)48-36-35-42(3,4)5)37-47-40(43)33-31-29-27-25-23-19-17-15-13-11-9-7-2/h22,24,39H,6-21,23,25-38H2,1-5H3/b24-22+/t39-/m1/s1. The summed E-state index contributed by atoms with van der Waals surface area (Å²) in [5.41, 5.74) is 0. The zero-order valence-electron chi connectivity index (χ0n) is 33.8. The molecule has 0 saturated carbocycles. The second-order valence-electron chi connectivity index (χ2n) is 15.4. The Labute approximate surface area is 314 Å². The van der Waals surface area contributed by atoms with Gasteiger partial charge in [0, 0.05) is 12.8 Å². The Balaban J connectivity index is 4.40. The molecule has 1 unspecified atom stereocenters. The third-order valence-electron chi connectivity index (χ3n) is 9.04. The van der Waals surface area contributed by atoms with Crippen LogP contribution in [0.4, 0.5) is 0 Å².